The molecule has 0 radical (unpaired) electrons. The van der Waals surface area contributed by atoms with E-state index in [0.29, 0.717) is 18.2 Å². The molecular weight excluding hydrogens is 218 g/mol. The molecule has 5 nitrogen and oxygen atoms in total. The third kappa shape index (κ3) is 3.45. The zero-order valence-electron chi connectivity index (χ0n) is 10.2. The Hall–Kier alpha value is -2.09. The fourth-order valence-electron chi connectivity index (χ4n) is 1.03. The summed E-state index contributed by atoms with van der Waals surface area (Å²) in [5, 5.41) is 11.4. The third-order valence-electron chi connectivity index (χ3n) is 2.13. The third-order valence-corrected chi connectivity index (χ3v) is 2.13. The molecule has 1 amide bonds. The molecule has 1 rings (SSSR count). The normalized spacial score (nSPS) is 10.5. The van der Waals surface area contributed by atoms with Crippen molar-refractivity contribution < 1.29 is 9.53 Å². The monoisotopic (exact) mass is 233 g/mol. The van der Waals surface area contributed by atoms with E-state index in [2.05, 4.69) is 10.3 Å². The van der Waals surface area contributed by atoms with Crippen LogP contribution in [-0.4, -0.2) is 17.5 Å². The van der Waals surface area contributed by atoms with Crippen molar-refractivity contribution in [3.63, 3.8) is 0 Å². The Bertz CT molecular complexity index is 432. The van der Waals surface area contributed by atoms with Gasteiger partial charge >= 0.3 is 0 Å². The fraction of sp³-hybridized carbons (Fsp3) is 0.417. The minimum Gasteiger partial charge on any atom is -0.478 e. The van der Waals surface area contributed by atoms with Crippen LogP contribution in [-0.2, 0) is 4.79 Å². The summed E-state index contributed by atoms with van der Waals surface area (Å²) in [5.41, 5.74) is -0.514. The SMILES string of the molecule is CCOc1ccc(NC(=O)C(C)(C)C#N)cn1. The lowest BCUT2D eigenvalue weighted by atomic mass is 9.95. The van der Waals surface area contributed by atoms with Crippen molar-refractivity contribution in [2.45, 2.75) is 20.8 Å². The summed E-state index contributed by atoms with van der Waals surface area (Å²) in [5.74, 6) is 0.149. The first-order valence-electron chi connectivity index (χ1n) is 5.31. The average molecular weight is 233 g/mol. The summed E-state index contributed by atoms with van der Waals surface area (Å²) < 4.78 is 5.18. The lowest BCUT2D eigenvalue weighted by Crippen LogP contribution is -2.29. The van der Waals surface area contributed by atoms with Crippen molar-refractivity contribution in [3.05, 3.63) is 18.3 Å². The number of nitrogens with zero attached hydrogens (tertiary/aromatic N) is 2. The molecule has 17 heavy (non-hydrogen) atoms. The van der Waals surface area contributed by atoms with Crippen molar-refractivity contribution >= 4 is 11.6 Å². The summed E-state index contributed by atoms with van der Waals surface area (Å²) in [6.45, 7) is 5.53. The Morgan fingerprint density at radius 3 is 2.76 bits per heavy atom. The number of nitriles is 1. The summed E-state index contributed by atoms with van der Waals surface area (Å²) in [6, 6.07) is 5.28. The largest absolute Gasteiger partial charge is 0.478 e. The van der Waals surface area contributed by atoms with E-state index in [0.717, 1.165) is 0 Å². The van der Waals surface area contributed by atoms with Crippen LogP contribution in [0.4, 0.5) is 5.69 Å². The molecular formula is C12H15N3O2. The highest BCUT2D eigenvalue weighted by molar-refractivity contribution is 5.96. The molecule has 0 aliphatic carbocycles. The summed E-state index contributed by atoms with van der Waals surface area (Å²) >= 11 is 0. The van der Waals surface area contributed by atoms with Crippen molar-refractivity contribution in [1.29, 1.82) is 5.26 Å². The molecule has 5 heteroatoms. The number of amides is 1. The van der Waals surface area contributed by atoms with E-state index in [1.165, 1.54) is 6.20 Å². The van der Waals surface area contributed by atoms with Gasteiger partial charge in [0.1, 0.15) is 5.41 Å². The van der Waals surface area contributed by atoms with Crippen LogP contribution in [0, 0.1) is 16.7 Å². The number of aromatic nitrogens is 1. The van der Waals surface area contributed by atoms with Gasteiger partial charge in [-0.25, -0.2) is 4.98 Å². The molecule has 1 aromatic heterocycles. The van der Waals surface area contributed by atoms with Crippen molar-refractivity contribution in [3.8, 4) is 11.9 Å². The van der Waals surface area contributed by atoms with E-state index in [-0.39, 0.29) is 5.91 Å². The highest BCUT2D eigenvalue weighted by Crippen LogP contribution is 2.18. The number of anilines is 1. The number of carbonyl (C=O) groups is 1. The molecule has 0 fully saturated rings. The summed E-state index contributed by atoms with van der Waals surface area (Å²) in [7, 11) is 0. The lowest BCUT2D eigenvalue weighted by molar-refractivity contribution is -0.121. The topological polar surface area (TPSA) is 75.0 Å². The van der Waals surface area contributed by atoms with Gasteiger partial charge < -0.3 is 10.1 Å². The minimum atomic E-state index is -1.06. The van der Waals surface area contributed by atoms with E-state index in [1.807, 2.05) is 13.0 Å². The number of nitrogens with one attached hydrogen (secondary N) is 1. The molecule has 0 spiro atoms. The predicted octanol–water partition coefficient (Wildman–Crippen LogP) is 1.97. The van der Waals surface area contributed by atoms with Gasteiger partial charge in [0.2, 0.25) is 11.8 Å². The van der Waals surface area contributed by atoms with Crippen LogP contribution < -0.4 is 10.1 Å². The van der Waals surface area contributed by atoms with Gasteiger partial charge in [-0.15, -0.1) is 0 Å². The van der Waals surface area contributed by atoms with Crippen LogP contribution in [0.15, 0.2) is 18.3 Å². The Morgan fingerprint density at radius 1 is 1.59 bits per heavy atom. The fourth-order valence-corrected chi connectivity index (χ4v) is 1.03. The maximum Gasteiger partial charge on any atom is 0.244 e. The Morgan fingerprint density at radius 2 is 2.29 bits per heavy atom. The van der Waals surface area contributed by atoms with E-state index < -0.39 is 5.41 Å². The van der Waals surface area contributed by atoms with Gasteiger partial charge in [0, 0.05) is 6.07 Å². The standard InChI is InChI=1S/C12H15N3O2/c1-4-17-10-6-5-9(7-14-10)15-11(16)12(2,3)8-13/h5-7H,4H2,1-3H3,(H,15,16). The molecule has 0 saturated carbocycles. The van der Waals surface area contributed by atoms with Crippen LogP contribution >= 0.6 is 0 Å². The van der Waals surface area contributed by atoms with Crippen molar-refractivity contribution in [1.82, 2.24) is 4.98 Å². The van der Waals surface area contributed by atoms with E-state index >= 15 is 0 Å². The van der Waals surface area contributed by atoms with E-state index in [9.17, 15) is 4.79 Å². The second-order valence-electron chi connectivity index (χ2n) is 4.01. The molecule has 0 atom stereocenters. The maximum absolute atomic E-state index is 11.7. The number of hydrogen-bond acceptors (Lipinski definition) is 4. The molecule has 0 unspecified atom stereocenters. The van der Waals surface area contributed by atoms with Gasteiger partial charge in [-0.1, -0.05) is 0 Å². The number of carbonyl (C=O) groups excluding carboxylic acids is 1. The molecule has 0 aliphatic heterocycles. The molecule has 0 aliphatic rings. The smallest absolute Gasteiger partial charge is 0.244 e. The zero-order chi connectivity index (χ0) is 12.9. The molecule has 1 heterocycles. The van der Waals surface area contributed by atoms with Gasteiger partial charge in [0.25, 0.3) is 0 Å². The van der Waals surface area contributed by atoms with E-state index in [1.54, 1.807) is 26.0 Å². The summed E-state index contributed by atoms with van der Waals surface area (Å²) in [6.07, 6.45) is 1.50. The van der Waals surface area contributed by atoms with Crippen LogP contribution in [0.3, 0.4) is 0 Å². The number of ether oxygens (including phenoxy) is 1. The predicted molar refractivity (Wildman–Crippen MR) is 63.4 cm³/mol. The molecule has 0 saturated heterocycles. The van der Waals surface area contributed by atoms with Gasteiger partial charge in [0.15, 0.2) is 0 Å². The zero-order valence-corrected chi connectivity index (χ0v) is 10.2. The van der Waals surface area contributed by atoms with Gasteiger partial charge in [0.05, 0.1) is 24.6 Å². The number of rotatable bonds is 4. The minimum absolute atomic E-state index is 0.356. The van der Waals surface area contributed by atoms with Gasteiger partial charge in [-0.3, -0.25) is 4.79 Å². The second kappa shape index (κ2) is 5.30. The van der Waals surface area contributed by atoms with Crippen LogP contribution in [0.1, 0.15) is 20.8 Å². The quantitative estimate of drug-likeness (QED) is 0.862. The molecule has 90 valence electrons. The number of pyridine rings is 1. The van der Waals surface area contributed by atoms with Gasteiger partial charge in [-0.05, 0) is 26.8 Å². The molecule has 1 aromatic rings. The average Bonchev–Trinajstić information content (AvgIpc) is 2.32. The molecule has 0 bridgehead atoms. The van der Waals surface area contributed by atoms with Crippen molar-refractivity contribution in [2.24, 2.45) is 5.41 Å². The second-order valence-corrected chi connectivity index (χ2v) is 4.01. The Balaban J connectivity index is 2.70. The first kappa shape index (κ1) is 13.0. The summed E-state index contributed by atoms with van der Waals surface area (Å²) in [4.78, 5) is 15.7. The number of hydrogen-bond donors (Lipinski definition) is 1. The van der Waals surface area contributed by atoms with Crippen LogP contribution in [0.2, 0.25) is 0 Å². The molecule has 0 aromatic carbocycles. The molecule has 1 N–H and O–H groups in total. The highest BCUT2D eigenvalue weighted by atomic mass is 16.5. The first-order valence-corrected chi connectivity index (χ1v) is 5.31. The highest BCUT2D eigenvalue weighted by Gasteiger charge is 2.27. The first-order chi connectivity index (χ1) is 7.99. The van der Waals surface area contributed by atoms with Crippen LogP contribution in [0.25, 0.3) is 0 Å². The van der Waals surface area contributed by atoms with Crippen molar-refractivity contribution in [2.75, 3.05) is 11.9 Å². The Kier molecular flexibility index (Phi) is 4.05. The maximum atomic E-state index is 11.7. The lowest BCUT2D eigenvalue weighted by Gasteiger charge is -2.14. The van der Waals surface area contributed by atoms with Gasteiger partial charge in [-0.2, -0.15) is 5.26 Å². The van der Waals surface area contributed by atoms with E-state index in [4.69, 9.17) is 10.00 Å². The van der Waals surface area contributed by atoms with Crippen LogP contribution in [0.5, 0.6) is 5.88 Å². The Labute approximate surface area is 100 Å².